The first-order valence-electron chi connectivity index (χ1n) is 9.53. The fourth-order valence-corrected chi connectivity index (χ4v) is 3.01. The molecule has 3 aromatic rings. The zero-order valence-corrected chi connectivity index (χ0v) is 17.2. The Bertz CT molecular complexity index is 1050. The van der Waals surface area contributed by atoms with Gasteiger partial charge in [-0.3, -0.25) is 14.3 Å². The zero-order chi connectivity index (χ0) is 22.4. The van der Waals surface area contributed by atoms with Gasteiger partial charge in [0, 0.05) is 24.4 Å². The van der Waals surface area contributed by atoms with Crippen molar-refractivity contribution in [2.24, 2.45) is 0 Å². The lowest BCUT2D eigenvalue weighted by molar-refractivity contribution is -0.129. The van der Waals surface area contributed by atoms with Gasteiger partial charge < -0.3 is 15.3 Å². The summed E-state index contributed by atoms with van der Waals surface area (Å²) in [5, 5.41) is 18.4. The maximum Gasteiger partial charge on any atom is 0.256 e. The first kappa shape index (κ1) is 22.3. The van der Waals surface area contributed by atoms with Crippen LogP contribution >= 0.6 is 0 Å². The number of likely N-dealkylation sites (N-methyl/N-ethyl adjacent to an activating group) is 1. The standard InChI is InChI=1S/C22H23FN4O4/c1-26(31-2)13-18(28)14-27-12-17(11-24-27)25-22(30)20-6-4-3-5-19(20)21(29)15-7-9-16(23)10-8-15/h3-12,18,28H,13-14H2,1-2H3,(H,25,30). The van der Waals surface area contributed by atoms with Crippen LogP contribution in [0.15, 0.2) is 60.9 Å². The molecule has 31 heavy (non-hydrogen) atoms. The maximum absolute atomic E-state index is 13.2. The molecule has 1 heterocycles. The number of hydrogen-bond acceptors (Lipinski definition) is 6. The lowest BCUT2D eigenvalue weighted by Gasteiger charge is -2.17. The molecule has 2 N–H and O–H groups in total. The summed E-state index contributed by atoms with van der Waals surface area (Å²) in [6.45, 7) is 0.500. The van der Waals surface area contributed by atoms with E-state index in [9.17, 15) is 19.1 Å². The van der Waals surface area contributed by atoms with E-state index in [2.05, 4.69) is 10.4 Å². The Morgan fingerprint density at radius 3 is 2.55 bits per heavy atom. The van der Waals surface area contributed by atoms with Crippen molar-refractivity contribution in [1.29, 1.82) is 0 Å². The molecule has 0 aliphatic rings. The third-order valence-corrected chi connectivity index (χ3v) is 4.59. The molecular formula is C22H23FN4O4. The molecule has 0 aliphatic carbocycles. The van der Waals surface area contributed by atoms with Gasteiger partial charge in [-0.1, -0.05) is 18.2 Å². The first-order chi connectivity index (χ1) is 14.9. The number of carbonyl (C=O) groups excluding carboxylic acids is 2. The van der Waals surface area contributed by atoms with Crippen LogP contribution in [0.3, 0.4) is 0 Å². The van der Waals surface area contributed by atoms with Crippen LogP contribution < -0.4 is 5.32 Å². The van der Waals surface area contributed by atoms with Gasteiger partial charge in [0.05, 0.1) is 43.8 Å². The maximum atomic E-state index is 13.2. The van der Waals surface area contributed by atoms with Crippen LogP contribution in [0.1, 0.15) is 26.3 Å². The number of anilines is 1. The molecule has 1 unspecified atom stereocenters. The zero-order valence-electron chi connectivity index (χ0n) is 17.2. The van der Waals surface area contributed by atoms with Crippen LogP contribution in [0.25, 0.3) is 0 Å². The Morgan fingerprint density at radius 2 is 1.87 bits per heavy atom. The van der Waals surface area contributed by atoms with E-state index >= 15 is 0 Å². The van der Waals surface area contributed by atoms with Crippen molar-refractivity contribution >= 4 is 17.4 Å². The Hall–Kier alpha value is -3.40. The van der Waals surface area contributed by atoms with Crippen LogP contribution in [-0.4, -0.2) is 58.4 Å². The molecule has 8 nitrogen and oxygen atoms in total. The van der Waals surface area contributed by atoms with Gasteiger partial charge in [-0.25, -0.2) is 4.39 Å². The van der Waals surface area contributed by atoms with E-state index in [0.29, 0.717) is 5.69 Å². The molecule has 0 fully saturated rings. The van der Waals surface area contributed by atoms with Crippen LogP contribution in [0.5, 0.6) is 0 Å². The number of hydroxylamine groups is 2. The van der Waals surface area contributed by atoms with Crippen molar-refractivity contribution in [2.45, 2.75) is 12.6 Å². The molecular weight excluding hydrogens is 403 g/mol. The average Bonchev–Trinajstić information content (AvgIpc) is 3.19. The number of nitrogens with one attached hydrogen (secondary N) is 1. The highest BCUT2D eigenvalue weighted by atomic mass is 19.1. The number of ketones is 1. The predicted octanol–water partition coefficient (Wildman–Crippen LogP) is 2.36. The number of hydrogen-bond donors (Lipinski definition) is 2. The first-order valence-corrected chi connectivity index (χ1v) is 9.53. The van der Waals surface area contributed by atoms with Crippen LogP contribution in [0, 0.1) is 5.82 Å². The van der Waals surface area contributed by atoms with Crippen molar-refractivity contribution in [2.75, 3.05) is 26.0 Å². The molecule has 1 aromatic heterocycles. The van der Waals surface area contributed by atoms with Crippen LogP contribution in [0.4, 0.5) is 10.1 Å². The molecule has 0 spiro atoms. The Balaban J connectivity index is 1.71. The largest absolute Gasteiger partial charge is 0.390 e. The van der Waals surface area contributed by atoms with E-state index in [1.807, 2.05) is 0 Å². The van der Waals surface area contributed by atoms with Crippen molar-refractivity contribution < 1.29 is 23.9 Å². The summed E-state index contributed by atoms with van der Waals surface area (Å²) in [5.74, 6) is -1.31. The highest BCUT2D eigenvalue weighted by Gasteiger charge is 2.19. The molecule has 3 rings (SSSR count). The second kappa shape index (κ2) is 10.1. The van der Waals surface area contributed by atoms with Gasteiger partial charge in [0.15, 0.2) is 5.78 Å². The van der Waals surface area contributed by atoms with E-state index in [1.54, 1.807) is 37.5 Å². The molecule has 0 radical (unpaired) electrons. The fourth-order valence-electron chi connectivity index (χ4n) is 3.01. The van der Waals surface area contributed by atoms with Gasteiger partial charge in [-0.15, -0.1) is 0 Å². The number of amides is 1. The predicted molar refractivity (Wildman–Crippen MR) is 112 cm³/mol. The average molecular weight is 426 g/mol. The fraction of sp³-hybridized carbons (Fsp3) is 0.227. The van der Waals surface area contributed by atoms with E-state index in [4.69, 9.17) is 4.84 Å². The molecule has 9 heteroatoms. The van der Waals surface area contributed by atoms with E-state index in [-0.39, 0.29) is 35.6 Å². The Labute approximate surface area is 178 Å². The van der Waals surface area contributed by atoms with Crippen molar-refractivity contribution in [3.63, 3.8) is 0 Å². The molecule has 0 saturated heterocycles. The molecule has 1 atom stereocenters. The van der Waals surface area contributed by atoms with E-state index < -0.39 is 17.8 Å². The second-order valence-corrected chi connectivity index (χ2v) is 6.93. The van der Waals surface area contributed by atoms with E-state index in [1.165, 1.54) is 47.3 Å². The van der Waals surface area contributed by atoms with Gasteiger partial charge in [0.25, 0.3) is 5.91 Å². The monoisotopic (exact) mass is 426 g/mol. The number of nitrogens with zero attached hydrogens (tertiary/aromatic N) is 3. The summed E-state index contributed by atoms with van der Waals surface area (Å²) in [6, 6.07) is 11.6. The molecule has 162 valence electrons. The van der Waals surface area contributed by atoms with Gasteiger partial charge in [0.1, 0.15) is 5.82 Å². The molecule has 2 aromatic carbocycles. The minimum Gasteiger partial charge on any atom is -0.390 e. The van der Waals surface area contributed by atoms with Gasteiger partial charge in [-0.2, -0.15) is 10.2 Å². The van der Waals surface area contributed by atoms with Crippen LogP contribution in [-0.2, 0) is 11.4 Å². The summed E-state index contributed by atoms with van der Waals surface area (Å²) in [5.41, 5.74) is 1.09. The highest BCUT2D eigenvalue weighted by molar-refractivity contribution is 6.17. The normalized spacial score (nSPS) is 12.0. The molecule has 0 saturated carbocycles. The molecule has 0 bridgehead atoms. The highest BCUT2D eigenvalue weighted by Crippen LogP contribution is 2.17. The quantitative estimate of drug-likeness (QED) is 0.403. The summed E-state index contributed by atoms with van der Waals surface area (Å²) in [4.78, 5) is 30.6. The molecule has 0 aliphatic heterocycles. The Kier molecular flexibility index (Phi) is 7.24. The number of aliphatic hydroxyl groups excluding tert-OH is 1. The van der Waals surface area contributed by atoms with Crippen molar-refractivity contribution in [1.82, 2.24) is 14.8 Å². The smallest absolute Gasteiger partial charge is 0.256 e. The third-order valence-electron chi connectivity index (χ3n) is 4.59. The summed E-state index contributed by atoms with van der Waals surface area (Å²) in [6.07, 6.45) is 2.32. The SMILES string of the molecule is CON(C)CC(O)Cn1cc(NC(=O)c2ccccc2C(=O)c2ccc(F)cc2)cn1. The Morgan fingerprint density at radius 1 is 1.19 bits per heavy atom. The third kappa shape index (κ3) is 5.82. The lowest BCUT2D eigenvalue weighted by atomic mass is 9.98. The molecule has 1 amide bonds. The number of rotatable bonds is 9. The lowest BCUT2D eigenvalue weighted by Crippen LogP contribution is -2.31. The minimum atomic E-state index is -0.720. The number of halogens is 1. The van der Waals surface area contributed by atoms with Gasteiger partial charge >= 0.3 is 0 Å². The number of benzene rings is 2. The van der Waals surface area contributed by atoms with E-state index in [0.717, 1.165) is 0 Å². The number of carbonyl (C=O) groups is 2. The summed E-state index contributed by atoms with van der Waals surface area (Å²) in [7, 11) is 3.20. The summed E-state index contributed by atoms with van der Waals surface area (Å²) >= 11 is 0. The van der Waals surface area contributed by atoms with Crippen molar-refractivity contribution in [3.05, 3.63) is 83.4 Å². The van der Waals surface area contributed by atoms with Crippen molar-refractivity contribution in [3.8, 4) is 0 Å². The summed E-state index contributed by atoms with van der Waals surface area (Å²) < 4.78 is 14.7. The number of aliphatic hydroxyl groups is 1. The number of aromatic nitrogens is 2. The minimum absolute atomic E-state index is 0.186. The van der Waals surface area contributed by atoms with Gasteiger partial charge in [-0.05, 0) is 30.3 Å². The second-order valence-electron chi connectivity index (χ2n) is 6.93. The topological polar surface area (TPSA) is 96.7 Å². The van der Waals surface area contributed by atoms with Gasteiger partial charge in [0.2, 0.25) is 0 Å². The van der Waals surface area contributed by atoms with Crippen LogP contribution in [0.2, 0.25) is 0 Å².